The first-order valence-electron chi connectivity index (χ1n) is 8.33. The minimum absolute atomic E-state index is 0.00777. The Bertz CT molecular complexity index is 686. The molecule has 0 aliphatic rings. The molecule has 132 valence electrons. The van der Waals surface area contributed by atoms with Crippen molar-refractivity contribution in [1.29, 1.82) is 0 Å². The monoisotopic (exact) mass is 359 g/mol. The molecule has 0 N–H and O–H groups in total. The molecule has 0 unspecified atom stereocenters. The number of amides is 1. The number of hydrogen-bond donors (Lipinski definition) is 0. The second-order valence-corrected chi connectivity index (χ2v) is 5.90. The Morgan fingerprint density at radius 1 is 1.04 bits per heavy atom. The topological polar surface area (TPSA) is 46.6 Å². The van der Waals surface area contributed by atoms with Crippen LogP contribution in [0.15, 0.2) is 54.6 Å². The van der Waals surface area contributed by atoms with Crippen LogP contribution in [-0.4, -0.2) is 24.4 Å². The van der Waals surface area contributed by atoms with Gasteiger partial charge in [0.15, 0.2) is 0 Å². The van der Waals surface area contributed by atoms with E-state index in [4.69, 9.17) is 16.3 Å². The minimum atomic E-state index is -0.364. The summed E-state index contributed by atoms with van der Waals surface area (Å²) in [6.45, 7) is 2.57. The first-order chi connectivity index (χ1) is 12.2. The highest BCUT2D eigenvalue weighted by Crippen LogP contribution is 2.20. The highest BCUT2D eigenvalue weighted by atomic mass is 35.5. The van der Waals surface area contributed by atoms with E-state index in [0.717, 1.165) is 11.3 Å². The fraction of sp³-hybridized carbons (Fsp3) is 0.300. The molecule has 2 rings (SSSR count). The van der Waals surface area contributed by atoms with Crippen LogP contribution in [0.4, 0.5) is 5.69 Å². The van der Waals surface area contributed by atoms with Crippen molar-refractivity contribution in [3.63, 3.8) is 0 Å². The van der Waals surface area contributed by atoms with E-state index in [1.54, 1.807) is 36.1 Å². The molecule has 0 saturated carbocycles. The van der Waals surface area contributed by atoms with Crippen molar-refractivity contribution in [2.45, 2.75) is 26.3 Å². The van der Waals surface area contributed by atoms with Gasteiger partial charge in [0.05, 0.1) is 18.7 Å². The molecule has 25 heavy (non-hydrogen) atoms. The quantitative estimate of drug-likeness (QED) is 0.518. The van der Waals surface area contributed by atoms with Crippen LogP contribution < -0.4 is 4.90 Å². The Hall–Kier alpha value is -2.33. The van der Waals surface area contributed by atoms with E-state index in [9.17, 15) is 9.59 Å². The number of nitrogens with zero attached hydrogens (tertiary/aromatic N) is 1. The molecular formula is C20H22ClNO3. The molecule has 0 aliphatic heterocycles. The lowest BCUT2D eigenvalue weighted by Crippen LogP contribution is -2.30. The van der Waals surface area contributed by atoms with Gasteiger partial charge in [-0.25, -0.2) is 4.79 Å². The number of rotatable bonds is 8. The van der Waals surface area contributed by atoms with E-state index in [1.165, 1.54) is 0 Å². The maximum absolute atomic E-state index is 12.6. The van der Waals surface area contributed by atoms with Crippen molar-refractivity contribution >= 4 is 29.2 Å². The summed E-state index contributed by atoms with van der Waals surface area (Å²) in [6.07, 6.45) is 1.02. The number of halogens is 1. The number of carbonyl (C=O) groups excluding carboxylic acids is 2. The lowest BCUT2D eigenvalue weighted by molar-refractivity contribution is -0.118. The third-order valence-corrected chi connectivity index (χ3v) is 3.97. The molecule has 0 atom stereocenters. The molecule has 0 radical (unpaired) electrons. The molecule has 5 heteroatoms. The molecule has 0 aromatic heterocycles. The van der Waals surface area contributed by atoms with Gasteiger partial charge in [-0.3, -0.25) is 4.79 Å². The number of carbonyl (C=O) groups is 2. The molecule has 1 amide bonds. The van der Waals surface area contributed by atoms with Crippen molar-refractivity contribution in [1.82, 2.24) is 0 Å². The third kappa shape index (κ3) is 5.61. The Labute approximate surface area is 153 Å². The van der Waals surface area contributed by atoms with Gasteiger partial charge < -0.3 is 9.64 Å². The Balaban J connectivity index is 2.21. The summed E-state index contributed by atoms with van der Waals surface area (Å²) >= 11 is 5.72. The number of alkyl halides is 1. The maximum atomic E-state index is 12.6. The van der Waals surface area contributed by atoms with E-state index in [2.05, 4.69) is 0 Å². The van der Waals surface area contributed by atoms with Gasteiger partial charge in [-0.1, -0.05) is 30.3 Å². The molecule has 0 fully saturated rings. The first-order valence-corrected chi connectivity index (χ1v) is 8.86. The number of esters is 1. The number of anilines is 1. The van der Waals surface area contributed by atoms with E-state index in [-0.39, 0.29) is 11.9 Å². The van der Waals surface area contributed by atoms with Crippen LogP contribution in [0.5, 0.6) is 0 Å². The van der Waals surface area contributed by atoms with Crippen LogP contribution >= 0.6 is 11.6 Å². The van der Waals surface area contributed by atoms with E-state index in [0.29, 0.717) is 37.4 Å². The highest BCUT2D eigenvalue weighted by molar-refractivity contribution is 6.18. The fourth-order valence-corrected chi connectivity index (χ4v) is 2.57. The van der Waals surface area contributed by atoms with Gasteiger partial charge in [0.2, 0.25) is 5.91 Å². The summed E-state index contributed by atoms with van der Waals surface area (Å²) in [5.41, 5.74) is 2.26. The average molecular weight is 360 g/mol. The van der Waals surface area contributed by atoms with Gasteiger partial charge >= 0.3 is 5.97 Å². The van der Waals surface area contributed by atoms with Gasteiger partial charge in [-0.2, -0.15) is 0 Å². The zero-order valence-corrected chi connectivity index (χ0v) is 15.0. The molecule has 2 aromatic rings. The number of benzene rings is 2. The molecule has 0 saturated heterocycles. The molecule has 4 nitrogen and oxygen atoms in total. The van der Waals surface area contributed by atoms with Crippen molar-refractivity contribution in [2.24, 2.45) is 0 Å². The highest BCUT2D eigenvalue weighted by Gasteiger charge is 2.17. The zero-order valence-electron chi connectivity index (χ0n) is 14.3. The number of ether oxygens (including phenoxy) is 1. The smallest absolute Gasteiger partial charge is 0.338 e. The van der Waals surface area contributed by atoms with Crippen LogP contribution in [0.3, 0.4) is 0 Å². The van der Waals surface area contributed by atoms with Crippen molar-refractivity contribution in [3.05, 3.63) is 65.7 Å². The molecule has 0 spiro atoms. The molecular weight excluding hydrogens is 338 g/mol. The lowest BCUT2D eigenvalue weighted by Gasteiger charge is -2.23. The Morgan fingerprint density at radius 3 is 2.32 bits per heavy atom. The van der Waals surface area contributed by atoms with Crippen molar-refractivity contribution in [2.75, 3.05) is 17.4 Å². The second-order valence-electron chi connectivity index (χ2n) is 5.53. The predicted octanol–water partition coefficient (Wildman–Crippen LogP) is 4.42. The second kappa shape index (κ2) is 9.84. The summed E-state index contributed by atoms with van der Waals surface area (Å²) in [5.74, 6) is 0.0951. The lowest BCUT2D eigenvalue weighted by atomic mass is 10.1. The van der Waals surface area contributed by atoms with Crippen LogP contribution in [0.25, 0.3) is 0 Å². The van der Waals surface area contributed by atoms with Crippen LogP contribution in [0.1, 0.15) is 35.7 Å². The van der Waals surface area contributed by atoms with Crippen LogP contribution in [0.2, 0.25) is 0 Å². The normalized spacial score (nSPS) is 10.3. The summed E-state index contributed by atoms with van der Waals surface area (Å²) in [7, 11) is 0. The molecule has 0 bridgehead atoms. The van der Waals surface area contributed by atoms with Crippen LogP contribution in [-0.2, 0) is 16.1 Å². The van der Waals surface area contributed by atoms with Crippen molar-refractivity contribution < 1.29 is 14.3 Å². The van der Waals surface area contributed by atoms with Crippen molar-refractivity contribution in [3.8, 4) is 0 Å². The summed E-state index contributed by atoms with van der Waals surface area (Å²) < 4.78 is 4.99. The largest absolute Gasteiger partial charge is 0.462 e. The third-order valence-electron chi connectivity index (χ3n) is 3.70. The Kier molecular flexibility index (Phi) is 7.48. The number of hydrogen-bond acceptors (Lipinski definition) is 3. The molecule has 0 aliphatic carbocycles. The summed E-state index contributed by atoms with van der Waals surface area (Å²) in [6, 6.07) is 16.7. The van der Waals surface area contributed by atoms with E-state index >= 15 is 0 Å². The SMILES string of the molecule is CCOC(=O)c1ccc(N(Cc2ccccc2)C(=O)CCCCl)cc1. The summed E-state index contributed by atoms with van der Waals surface area (Å²) in [4.78, 5) is 26.1. The molecule has 2 aromatic carbocycles. The van der Waals surface area contributed by atoms with Gasteiger partial charge in [-0.05, 0) is 43.2 Å². The average Bonchev–Trinajstić information content (AvgIpc) is 2.65. The van der Waals surface area contributed by atoms with Crippen LogP contribution in [0, 0.1) is 0 Å². The maximum Gasteiger partial charge on any atom is 0.338 e. The van der Waals surface area contributed by atoms with Gasteiger partial charge in [0.25, 0.3) is 0 Å². The van der Waals surface area contributed by atoms with E-state index in [1.807, 2.05) is 30.3 Å². The van der Waals surface area contributed by atoms with E-state index < -0.39 is 0 Å². The first kappa shape index (κ1) is 19.0. The van der Waals surface area contributed by atoms with Gasteiger partial charge in [0.1, 0.15) is 0 Å². The fourth-order valence-electron chi connectivity index (χ4n) is 2.43. The Morgan fingerprint density at radius 2 is 1.72 bits per heavy atom. The predicted molar refractivity (Wildman–Crippen MR) is 100.0 cm³/mol. The standard InChI is InChI=1S/C20H22ClNO3/c1-2-25-20(24)17-10-12-18(13-11-17)22(19(23)9-6-14-21)15-16-7-4-3-5-8-16/h3-5,7-8,10-13H,2,6,9,14-15H2,1H3. The summed E-state index contributed by atoms with van der Waals surface area (Å²) in [5, 5.41) is 0. The van der Waals surface area contributed by atoms with Gasteiger partial charge in [-0.15, -0.1) is 11.6 Å². The zero-order chi connectivity index (χ0) is 18.1. The van der Waals surface area contributed by atoms with Gasteiger partial charge in [0, 0.05) is 18.0 Å². The molecule has 0 heterocycles. The minimum Gasteiger partial charge on any atom is -0.462 e.